The molecule has 0 saturated carbocycles. The van der Waals surface area contributed by atoms with Gasteiger partial charge < -0.3 is 5.11 Å². The van der Waals surface area contributed by atoms with Crippen molar-refractivity contribution in [2.24, 2.45) is 0 Å². The van der Waals surface area contributed by atoms with Gasteiger partial charge in [0, 0.05) is 21.9 Å². The van der Waals surface area contributed by atoms with Crippen LogP contribution in [0.4, 0.5) is 0 Å². The zero-order valence-corrected chi connectivity index (χ0v) is 13.1. The van der Waals surface area contributed by atoms with Gasteiger partial charge in [0.05, 0.1) is 4.90 Å². The molecule has 1 aromatic carbocycles. The number of sulfonamides is 1. The Kier molecular flexibility index (Phi) is 5.15. The van der Waals surface area contributed by atoms with Crippen molar-refractivity contribution in [1.82, 2.24) is 4.72 Å². The van der Waals surface area contributed by atoms with Crippen LogP contribution >= 0.6 is 11.3 Å². The molecule has 4 nitrogen and oxygen atoms in total. The topological polar surface area (TPSA) is 66.4 Å². The summed E-state index contributed by atoms with van der Waals surface area (Å²) in [5.41, 5.74) is 0.376. The van der Waals surface area contributed by atoms with Crippen molar-refractivity contribution in [3.63, 3.8) is 0 Å². The van der Waals surface area contributed by atoms with Crippen LogP contribution in [-0.2, 0) is 16.6 Å². The maximum atomic E-state index is 12.4. The van der Waals surface area contributed by atoms with Crippen LogP contribution in [0.2, 0.25) is 0 Å². The van der Waals surface area contributed by atoms with E-state index in [0.29, 0.717) is 5.56 Å². The van der Waals surface area contributed by atoms with Gasteiger partial charge in [-0.3, -0.25) is 0 Å². The highest BCUT2D eigenvalue weighted by molar-refractivity contribution is 7.89. The fourth-order valence-corrected chi connectivity index (χ4v) is 3.85. The molecule has 0 atom stereocenters. The van der Waals surface area contributed by atoms with Crippen LogP contribution in [-0.4, -0.2) is 20.1 Å². The molecule has 0 saturated heterocycles. The first-order valence-electron chi connectivity index (χ1n) is 6.26. The average Bonchev–Trinajstić information content (AvgIpc) is 2.89. The second kappa shape index (κ2) is 6.87. The first-order valence-corrected chi connectivity index (χ1v) is 8.56. The van der Waals surface area contributed by atoms with Crippen LogP contribution in [0.15, 0.2) is 41.3 Å². The third-order valence-electron chi connectivity index (χ3n) is 2.71. The number of aliphatic hydroxyl groups excluding tert-OH is 1. The van der Waals surface area contributed by atoms with Crippen LogP contribution in [0.5, 0.6) is 0 Å². The minimum Gasteiger partial charge on any atom is -0.384 e. The summed E-state index contributed by atoms with van der Waals surface area (Å²) in [4.78, 5) is 2.22. The lowest BCUT2D eigenvalue weighted by Crippen LogP contribution is -2.23. The maximum absolute atomic E-state index is 12.4. The monoisotopic (exact) mass is 321 g/mol. The molecule has 2 rings (SSSR count). The number of benzene rings is 1. The van der Waals surface area contributed by atoms with Gasteiger partial charge in [0.25, 0.3) is 0 Å². The van der Waals surface area contributed by atoms with Crippen LogP contribution < -0.4 is 4.72 Å². The van der Waals surface area contributed by atoms with Gasteiger partial charge in [-0.05, 0) is 31.2 Å². The number of nitrogens with one attached hydrogen (secondary N) is 1. The molecular formula is C15H15NO3S2. The van der Waals surface area contributed by atoms with Crippen molar-refractivity contribution in [2.45, 2.75) is 18.4 Å². The number of hydrogen-bond donors (Lipinski definition) is 2. The van der Waals surface area contributed by atoms with Crippen molar-refractivity contribution in [3.8, 4) is 11.8 Å². The van der Waals surface area contributed by atoms with Gasteiger partial charge in [0.15, 0.2) is 0 Å². The summed E-state index contributed by atoms with van der Waals surface area (Å²) in [6, 6.07) is 10.3. The number of rotatable bonds is 4. The molecule has 2 N–H and O–H groups in total. The smallest absolute Gasteiger partial charge is 0.242 e. The first-order chi connectivity index (χ1) is 10.0. The largest absolute Gasteiger partial charge is 0.384 e. The zero-order valence-electron chi connectivity index (χ0n) is 11.5. The lowest BCUT2D eigenvalue weighted by molar-refractivity contribution is 0.350. The standard InChI is InChI=1S/C15H15NO3S2/c1-12-8-9-14(20-12)11-16-21(18,19)15-7-3-2-5-13(15)6-4-10-17/h2-3,5,7-9,16-17H,10-11H2,1H3. The summed E-state index contributed by atoms with van der Waals surface area (Å²) >= 11 is 1.55. The Morgan fingerprint density at radius 1 is 1.24 bits per heavy atom. The van der Waals surface area contributed by atoms with E-state index in [1.54, 1.807) is 29.5 Å². The molecule has 0 aliphatic heterocycles. The van der Waals surface area contributed by atoms with Gasteiger partial charge in [-0.1, -0.05) is 24.0 Å². The average molecular weight is 321 g/mol. The molecule has 110 valence electrons. The van der Waals surface area contributed by atoms with E-state index in [2.05, 4.69) is 16.6 Å². The second-order valence-corrected chi connectivity index (χ2v) is 7.40. The predicted octanol–water partition coefficient (Wildman–Crippen LogP) is 1.88. The Morgan fingerprint density at radius 3 is 2.67 bits per heavy atom. The predicted molar refractivity (Wildman–Crippen MR) is 83.5 cm³/mol. The minimum absolute atomic E-state index is 0.124. The van der Waals surface area contributed by atoms with Gasteiger partial charge in [-0.2, -0.15) is 0 Å². The maximum Gasteiger partial charge on any atom is 0.242 e. The van der Waals surface area contributed by atoms with E-state index in [4.69, 9.17) is 5.11 Å². The molecule has 21 heavy (non-hydrogen) atoms. The van der Waals surface area contributed by atoms with Gasteiger partial charge in [-0.25, -0.2) is 13.1 Å². The van der Waals surface area contributed by atoms with Crippen molar-refractivity contribution < 1.29 is 13.5 Å². The van der Waals surface area contributed by atoms with Crippen molar-refractivity contribution in [3.05, 3.63) is 51.7 Å². The molecule has 0 fully saturated rings. The lowest BCUT2D eigenvalue weighted by Gasteiger charge is -2.07. The quantitative estimate of drug-likeness (QED) is 0.845. The molecule has 0 radical (unpaired) electrons. The summed E-state index contributed by atoms with van der Waals surface area (Å²) in [5, 5.41) is 8.74. The summed E-state index contributed by atoms with van der Waals surface area (Å²) < 4.78 is 27.3. The van der Waals surface area contributed by atoms with Gasteiger partial charge in [0.1, 0.15) is 6.61 Å². The van der Waals surface area contributed by atoms with Crippen LogP contribution in [0.25, 0.3) is 0 Å². The first kappa shape index (κ1) is 15.7. The van der Waals surface area contributed by atoms with Crippen LogP contribution in [0, 0.1) is 18.8 Å². The summed E-state index contributed by atoms with van der Waals surface area (Å²) in [6.07, 6.45) is 0. The molecule has 0 aliphatic carbocycles. The van der Waals surface area contributed by atoms with Gasteiger partial charge >= 0.3 is 0 Å². The Bertz CT molecular complexity index is 782. The fraction of sp³-hybridized carbons (Fsp3) is 0.200. The second-order valence-electron chi connectivity index (χ2n) is 4.29. The van der Waals surface area contributed by atoms with Crippen LogP contribution in [0.1, 0.15) is 15.3 Å². The summed E-state index contributed by atoms with van der Waals surface area (Å²) in [6.45, 7) is 1.92. The fourth-order valence-electron chi connectivity index (χ4n) is 1.76. The van der Waals surface area contributed by atoms with E-state index in [9.17, 15) is 8.42 Å². The number of aryl methyl sites for hydroxylation is 1. The SMILES string of the molecule is Cc1ccc(CNS(=O)(=O)c2ccccc2C#CCO)s1. The normalized spacial score (nSPS) is 11.0. The van der Waals surface area contributed by atoms with E-state index < -0.39 is 10.0 Å². The molecule has 1 heterocycles. The van der Waals surface area contributed by atoms with E-state index in [1.807, 2.05) is 19.1 Å². The lowest BCUT2D eigenvalue weighted by atomic mass is 10.2. The van der Waals surface area contributed by atoms with E-state index in [0.717, 1.165) is 9.75 Å². The molecular weight excluding hydrogens is 306 g/mol. The highest BCUT2D eigenvalue weighted by Gasteiger charge is 2.17. The van der Waals surface area contributed by atoms with Crippen molar-refractivity contribution in [2.75, 3.05) is 6.61 Å². The molecule has 0 spiro atoms. The third-order valence-corrected chi connectivity index (χ3v) is 5.17. The highest BCUT2D eigenvalue weighted by Crippen LogP contribution is 2.18. The number of aliphatic hydroxyl groups is 1. The Labute approximate surface area is 128 Å². The molecule has 6 heteroatoms. The molecule has 0 unspecified atom stereocenters. The van der Waals surface area contributed by atoms with Gasteiger partial charge in [0.2, 0.25) is 10.0 Å². The zero-order chi connectivity index (χ0) is 15.3. The Hall–Kier alpha value is -1.65. The highest BCUT2D eigenvalue weighted by atomic mass is 32.2. The van der Waals surface area contributed by atoms with Crippen LogP contribution in [0.3, 0.4) is 0 Å². The molecule has 0 aliphatic rings. The number of thiophene rings is 1. The van der Waals surface area contributed by atoms with Gasteiger partial charge in [-0.15, -0.1) is 11.3 Å². The third kappa shape index (κ3) is 4.16. The summed E-state index contributed by atoms with van der Waals surface area (Å²) in [5.74, 6) is 5.12. The Morgan fingerprint density at radius 2 is 2.00 bits per heavy atom. The van der Waals surface area contributed by atoms with E-state index in [1.165, 1.54) is 6.07 Å². The summed E-state index contributed by atoms with van der Waals surface area (Å²) in [7, 11) is -3.64. The van der Waals surface area contributed by atoms with Crippen molar-refractivity contribution >= 4 is 21.4 Å². The molecule has 1 aromatic heterocycles. The van der Waals surface area contributed by atoms with E-state index >= 15 is 0 Å². The molecule has 0 bridgehead atoms. The van der Waals surface area contributed by atoms with E-state index in [-0.39, 0.29) is 18.0 Å². The Balaban J connectivity index is 2.23. The number of hydrogen-bond acceptors (Lipinski definition) is 4. The minimum atomic E-state index is -3.64. The van der Waals surface area contributed by atoms with Crippen molar-refractivity contribution in [1.29, 1.82) is 0 Å². The molecule has 0 amide bonds. The molecule has 2 aromatic rings.